The highest BCUT2D eigenvalue weighted by molar-refractivity contribution is 5.78. The summed E-state index contributed by atoms with van der Waals surface area (Å²) in [6.07, 6.45) is 4.28. The average Bonchev–Trinajstić information content (AvgIpc) is 3.20. The molecule has 0 aromatic heterocycles. The first-order valence-corrected chi connectivity index (χ1v) is 9.63. The number of piperidine rings is 1. The predicted molar refractivity (Wildman–Crippen MR) is 98.7 cm³/mol. The van der Waals surface area contributed by atoms with Gasteiger partial charge < -0.3 is 24.4 Å². The Hall–Kier alpha value is -1.79. The van der Waals surface area contributed by atoms with Gasteiger partial charge in [-0.05, 0) is 31.0 Å². The van der Waals surface area contributed by atoms with Crippen molar-refractivity contribution in [2.24, 2.45) is 5.92 Å². The number of carbonyl (C=O) groups excluding carboxylic acids is 1. The maximum atomic E-state index is 12.4. The van der Waals surface area contributed by atoms with Crippen LogP contribution < -0.4 is 19.7 Å². The third-order valence-electron chi connectivity index (χ3n) is 5.49. The van der Waals surface area contributed by atoms with Crippen LogP contribution in [0.1, 0.15) is 31.2 Å². The number of benzene rings is 1. The standard InChI is InChI=1S/C20H30N2O4/c1-24-18-6-5-15(12-19(18)25-2)14-22-9-7-16(8-10-22)20(23)21-13-17-4-3-11-26-17/h5-6,12,16-17H,3-4,7-11,13-14H2,1-2H3,(H,21,23)/p+1/t17-/m1/s1. The van der Waals surface area contributed by atoms with Gasteiger partial charge in [-0.1, -0.05) is 0 Å². The molecular formula is C20H31N2O4+. The van der Waals surface area contributed by atoms with E-state index in [0.29, 0.717) is 6.54 Å². The van der Waals surface area contributed by atoms with Crippen LogP contribution >= 0.6 is 0 Å². The average molecular weight is 363 g/mol. The van der Waals surface area contributed by atoms with E-state index >= 15 is 0 Å². The molecule has 1 amide bonds. The summed E-state index contributed by atoms with van der Waals surface area (Å²) in [5.74, 6) is 1.87. The Bertz CT molecular complexity index is 593. The van der Waals surface area contributed by atoms with Crippen LogP contribution in [0.25, 0.3) is 0 Å². The second-order valence-electron chi connectivity index (χ2n) is 7.27. The van der Waals surface area contributed by atoms with Gasteiger partial charge in [0.1, 0.15) is 6.54 Å². The molecule has 1 aromatic carbocycles. The van der Waals surface area contributed by atoms with E-state index < -0.39 is 0 Å². The molecule has 2 aliphatic rings. The fourth-order valence-corrected chi connectivity index (χ4v) is 3.91. The van der Waals surface area contributed by atoms with Gasteiger partial charge in [0.05, 0.1) is 33.4 Å². The van der Waals surface area contributed by atoms with E-state index in [1.54, 1.807) is 14.2 Å². The smallest absolute Gasteiger partial charge is 0.223 e. The molecule has 0 radical (unpaired) electrons. The SMILES string of the molecule is COc1ccc(C[NH+]2CCC(C(=O)NC[C@H]3CCCO3)CC2)cc1OC. The van der Waals surface area contributed by atoms with E-state index in [4.69, 9.17) is 14.2 Å². The lowest BCUT2D eigenvalue weighted by molar-refractivity contribution is -0.919. The summed E-state index contributed by atoms with van der Waals surface area (Å²) in [4.78, 5) is 13.9. The van der Waals surface area contributed by atoms with E-state index in [1.807, 2.05) is 12.1 Å². The molecule has 0 unspecified atom stereocenters. The number of hydrogen-bond acceptors (Lipinski definition) is 4. The Balaban J connectivity index is 1.44. The second-order valence-corrected chi connectivity index (χ2v) is 7.27. The maximum Gasteiger partial charge on any atom is 0.223 e. The molecule has 6 nitrogen and oxygen atoms in total. The molecule has 2 fully saturated rings. The predicted octanol–water partition coefficient (Wildman–Crippen LogP) is 0.794. The highest BCUT2D eigenvalue weighted by atomic mass is 16.5. The lowest BCUT2D eigenvalue weighted by Crippen LogP contribution is -3.11. The molecule has 0 aliphatic carbocycles. The fourth-order valence-electron chi connectivity index (χ4n) is 3.91. The van der Waals surface area contributed by atoms with Crippen molar-refractivity contribution in [1.82, 2.24) is 5.32 Å². The van der Waals surface area contributed by atoms with Crippen molar-refractivity contribution in [3.05, 3.63) is 23.8 Å². The first-order chi connectivity index (χ1) is 12.7. The van der Waals surface area contributed by atoms with Crippen molar-refractivity contribution >= 4 is 5.91 Å². The molecule has 2 aliphatic heterocycles. The molecule has 0 spiro atoms. The quantitative estimate of drug-likeness (QED) is 0.752. The van der Waals surface area contributed by atoms with Gasteiger partial charge in [0.2, 0.25) is 5.91 Å². The van der Waals surface area contributed by atoms with Crippen molar-refractivity contribution < 1.29 is 23.9 Å². The molecule has 144 valence electrons. The number of carbonyl (C=O) groups is 1. The van der Waals surface area contributed by atoms with Gasteiger partial charge in [-0.15, -0.1) is 0 Å². The minimum Gasteiger partial charge on any atom is -0.493 e. The van der Waals surface area contributed by atoms with Gasteiger partial charge in [0.15, 0.2) is 11.5 Å². The lowest BCUT2D eigenvalue weighted by atomic mass is 9.95. The summed E-state index contributed by atoms with van der Waals surface area (Å²) in [6, 6.07) is 6.10. The number of quaternary nitrogens is 1. The summed E-state index contributed by atoms with van der Waals surface area (Å²) in [5.41, 5.74) is 1.24. The number of hydrogen-bond donors (Lipinski definition) is 2. The van der Waals surface area contributed by atoms with Gasteiger partial charge in [0.25, 0.3) is 0 Å². The number of ether oxygens (including phenoxy) is 3. The largest absolute Gasteiger partial charge is 0.493 e. The topological polar surface area (TPSA) is 61.2 Å². The zero-order valence-corrected chi connectivity index (χ0v) is 15.9. The summed E-state index contributed by atoms with van der Waals surface area (Å²) < 4.78 is 16.3. The molecule has 3 rings (SSSR count). The van der Waals surface area contributed by atoms with Crippen LogP contribution in [0.5, 0.6) is 11.5 Å². The first-order valence-electron chi connectivity index (χ1n) is 9.63. The van der Waals surface area contributed by atoms with E-state index in [0.717, 1.165) is 63.4 Å². The highest BCUT2D eigenvalue weighted by Crippen LogP contribution is 2.27. The minimum atomic E-state index is 0.144. The first kappa shape index (κ1) is 19.0. The monoisotopic (exact) mass is 363 g/mol. The van der Waals surface area contributed by atoms with E-state index in [1.165, 1.54) is 10.5 Å². The Morgan fingerprint density at radius 1 is 1.19 bits per heavy atom. The number of methoxy groups -OCH3 is 2. The number of nitrogens with one attached hydrogen (secondary N) is 2. The maximum absolute atomic E-state index is 12.4. The molecule has 2 heterocycles. The van der Waals surface area contributed by atoms with Gasteiger partial charge in [0, 0.05) is 37.5 Å². The number of rotatable bonds is 7. The second kappa shape index (κ2) is 9.24. The Kier molecular flexibility index (Phi) is 6.74. The Labute approximate surface area is 155 Å². The summed E-state index contributed by atoms with van der Waals surface area (Å²) in [6.45, 7) is 4.49. The van der Waals surface area contributed by atoms with Crippen LogP contribution in [-0.2, 0) is 16.1 Å². The molecular weight excluding hydrogens is 332 g/mol. The van der Waals surface area contributed by atoms with Crippen molar-refractivity contribution in [2.45, 2.75) is 38.3 Å². The summed E-state index contributed by atoms with van der Waals surface area (Å²) in [5, 5.41) is 3.08. The highest BCUT2D eigenvalue weighted by Gasteiger charge is 2.28. The Morgan fingerprint density at radius 2 is 1.96 bits per heavy atom. The van der Waals surface area contributed by atoms with E-state index in [9.17, 15) is 4.79 Å². The Morgan fingerprint density at radius 3 is 2.62 bits per heavy atom. The van der Waals surface area contributed by atoms with Crippen molar-refractivity contribution in [2.75, 3.05) is 40.5 Å². The van der Waals surface area contributed by atoms with Crippen molar-refractivity contribution in [3.63, 3.8) is 0 Å². The number of likely N-dealkylation sites (tertiary alicyclic amines) is 1. The molecule has 0 saturated carbocycles. The van der Waals surface area contributed by atoms with E-state index in [-0.39, 0.29) is 17.9 Å². The fraction of sp³-hybridized carbons (Fsp3) is 0.650. The van der Waals surface area contributed by atoms with Crippen LogP contribution in [0.2, 0.25) is 0 Å². The van der Waals surface area contributed by atoms with Gasteiger partial charge >= 0.3 is 0 Å². The zero-order valence-electron chi connectivity index (χ0n) is 15.9. The van der Waals surface area contributed by atoms with Crippen LogP contribution in [0.15, 0.2) is 18.2 Å². The zero-order chi connectivity index (χ0) is 18.4. The lowest BCUT2D eigenvalue weighted by Gasteiger charge is -2.29. The third kappa shape index (κ3) is 4.89. The van der Waals surface area contributed by atoms with Gasteiger partial charge in [-0.3, -0.25) is 4.79 Å². The van der Waals surface area contributed by atoms with E-state index in [2.05, 4.69) is 11.4 Å². The molecule has 0 bridgehead atoms. The van der Waals surface area contributed by atoms with Crippen molar-refractivity contribution in [3.8, 4) is 11.5 Å². The molecule has 26 heavy (non-hydrogen) atoms. The third-order valence-corrected chi connectivity index (χ3v) is 5.49. The van der Waals surface area contributed by atoms with Crippen LogP contribution in [0.3, 0.4) is 0 Å². The number of amides is 1. The van der Waals surface area contributed by atoms with Crippen LogP contribution in [0, 0.1) is 5.92 Å². The van der Waals surface area contributed by atoms with Crippen LogP contribution in [0.4, 0.5) is 0 Å². The molecule has 1 aromatic rings. The molecule has 6 heteroatoms. The molecule has 2 N–H and O–H groups in total. The van der Waals surface area contributed by atoms with Gasteiger partial charge in [-0.2, -0.15) is 0 Å². The van der Waals surface area contributed by atoms with Gasteiger partial charge in [-0.25, -0.2) is 0 Å². The minimum absolute atomic E-state index is 0.144. The van der Waals surface area contributed by atoms with Crippen LogP contribution in [-0.4, -0.2) is 52.5 Å². The summed E-state index contributed by atoms with van der Waals surface area (Å²) >= 11 is 0. The normalized spacial score (nSPS) is 25.7. The van der Waals surface area contributed by atoms with Crippen molar-refractivity contribution in [1.29, 1.82) is 0 Å². The summed E-state index contributed by atoms with van der Waals surface area (Å²) in [7, 11) is 3.31. The molecule has 1 atom stereocenters. The molecule has 2 saturated heterocycles.